The van der Waals surface area contributed by atoms with Crippen LogP contribution in [0.15, 0.2) is 42.6 Å². The summed E-state index contributed by atoms with van der Waals surface area (Å²) >= 11 is 0. The lowest BCUT2D eigenvalue weighted by molar-refractivity contribution is 0.0946. The lowest BCUT2D eigenvalue weighted by Crippen LogP contribution is -2.31. The fraction of sp³-hybridized carbons (Fsp3) is 0.182. The van der Waals surface area contributed by atoms with E-state index in [0.717, 1.165) is 34.6 Å². The van der Waals surface area contributed by atoms with Gasteiger partial charge in [-0.1, -0.05) is 24.3 Å². The van der Waals surface area contributed by atoms with Crippen LogP contribution in [0.5, 0.6) is 0 Å². The van der Waals surface area contributed by atoms with Gasteiger partial charge in [-0.3, -0.25) is 9.78 Å². The van der Waals surface area contributed by atoms with Gasteiger partial charge in [0.05, 0.1) is 11.3 Å². The zero-order chi connectivity index (χ0) is 18.1. The first kappa shape index (κ1) is 16.3. The number of hydrogen-bond acceptors (Lipinski definition) is 2. The van der Waals surface area contributed by atoms with Crippen LogP contribution in [-0.4, -0.2) is 22.4 Å². The lowest BCUT2D eigenvalue weighted by atomic mass is 10.0. The summed E-state index contributed by atoms with van der Waals surface area (Å²) in [7, 11) is 0. The molecule has 0 unspecified atom stereocenters. The third-order valence-corrected chi connectivity index (χ3v) is 4.86. The Morgan fingerprint density at radius 2 is 1.88 bits per heavy atom. The molecule has 4 nitrogen and oxygen atoms in total. The predicted molar refractivity (Wildman–Crippen MR) is 105 cm³/mol. The van der Waals surface area contributed by atoms with Gasteiger partial charge < -0.3 is 10.3 Å². The van der Waals surface area contributed by atoms with E-state index < -0.39 is 0 Å². The number of H-pyrrole nitrogens is 1. The number of benzene rings is 1. The Morgan fingerprint density at radius 1 is 1.08 bits per heavy atom. The second kappa shape index (κ2) is 6.64. The molecule has 0 bridgehead atoms. The van der Waals surface area contributed by atoms with Gasteiger partial charge in [0, 0.05) is 36.1 Å². The molecular formula is C22H21N3O. The maximum Gasteiger partial charge on any atom is 0.253 e. The maximum atomic E-state index is 12.0. The summed E-state index contributed by atoms with van der Waals surface area (Å²) in [4.78, 5) is 19.8. The molecule has 0 saturated heterocycles. The van der Waals surface area contributed by atoms with Crippen molar-refractivity contribution in [3.8, 4) is 11.3 Å². The fourth-order valence-corrected chi connectivity index (χ4v) is 3.41. The fourth-order valence-electron chi connectivity index (χ4n) is 3.41. The summed E-state index contributed by atoms with van der Waals surface area (Å²) < 4.78 is 0. The Hall–Kier alpha value is -3.14. The summed E-state index contributed by atoms with van der Waals surface area (Å²) in [5, 5.41) is 2.88. The van der Waals surface area contributed by atoms with Crippen LogP contribution in [0.25, 0.3) is 23.4 Å². The molecule has 26 heavy (non-hydrogen) atoms. The molecule has 0 spiro atoms. The van der Waals surface area contributed by atoms with Gasteiger partial charge in [0.1, 0.15) is 0 Å². The van der Waals surface area contributed by atoms with Gasteiger partial charge in [-0.25, -0.2) is 0 Å². The van der Waals surface area contributed by atoms with E-state index in [1.54, 1.807) is 6.20 Å². The standard InChI is InChI=1S/C22H21N3O/c1-14-4-3-5-15(2)18(14)7-6-17-12-16(8-10-23-17)21-13-19-20(25-21)9-11-24-22(19)26/h3-8,10,12-13,25H,9,11H2,1-2H3,(H,24,26)/b7-6+. The normalized spacial score (nSPS) is 13.7. The van der Waals surface area contributed by atoms with Gasteiger partial charge in [-0.2, -0.15) is 0 Å². The molecular weight excluding hydrogens is 322 g/mol. The summed E-state index contributed by atoms with van der Waals surface area (Å²) in [5.41, 5.74) is 8.36. The van der Waals surface area contributed by atoms with Gasteiger partial charge in [0.25, 0.3) is 5.91 Å². The molecule has 1 amide bonds. The number of amides is 1. The zero-order valence-corrected chi connectivity index (χ0v) is 15.0. The van der Waals surface area contributed by atoms with Crippen LogP contribution in [-0.2, 0) is 6.42 Å². The molecule has 0 saturated carbocycles. The van der Waals surface area contributed by atoms with E-state index >= 15 is 0 Å². The first-order chi connectivity index (χ1) is 12.6. The molecule has 0 aliphatic carbocycles. The molecule has 130 valence electrons. The summed E-state index contributed by atoms with van der Waals surface area (Å²) in [6.07, 6.45) is 6.80. The average Bonchev–Trinajstić information content (AvgIpc) is 3.07. The summed E-state index contributed by atoms with van der Waals surface area (Å²) in [5.74, 6) is -0.00189. The Labute approximate surface area is 153 Å². The molecule has 1 aromatic carbocycles. The monoisotopic (exact) mass is 343 g/mol. The zero-order valence-electron chi connectivity index (χ0n) is 15.0. The minimum atomic E-state index is -0.00189. The third kappa shape index (κ3) is 3.06. The van der Waals surface area contributed by atoms with Crippen molar-refractivity contribution in [2.75, 3.05) is 6.54 Å². The number of fused-ring (bicyclic) bond motifs is 1. The van der Waals surface area contributed by atoms with E-state index in [2.05, 4.69) is 53.4 Å². The van der Waals surface area contributed by atoms with Crippen molar-refractivity contribution in [3.05, 3.63) is 76.2 Å². The largest absolute Gasteiger partial charge is 0.358 e. The second-order valence-corrected chi connectivity index (χ2v) is 6.69. The Kier molecular flexibility index (Phi) is 4.17. The van der Waals surface area contributed by atoms with Crippen LogP contribution in [0.3, 0.4) is 0 Å². The number of carbonyl (C=O) groups excluding carboxylic acids is 1. The molecule has 0 radical (unpaired) electrons. The molecule has 1 aliphatic heterocycles. The van der Waals surface area contributed by atoms with Crippen LogP contribution in [0.1, 0.15) is 38.4 Å². The molecule has 4 heteroatoms. The van der Waals surface area contributed by atoms with Gasteiger partial charge >= 0.3 is 0 Å². The van der Waals surface area contributed by atoms with Crippen LogP contribution < -0.4 is 5.32 Å². The maximum absolute atomic E-state index is 12.0. The number of nitrogens with one attached hydrogen (secondary N) is 2. The Morgan fingerprint density at radius 3 is 2.65 bits per heavy atom. The number of aryl methyl sites for hydroxylation is 2. The van der Waals surface area contributed by atoms with Crippen LogP contribution in [0.4, 0.5) is 0 Å². The molecule has 0 atom stereocenters. The molecule has 1 aliphatic rings. The predicted octanol–water partition coefficient (Wildman–Crippen LogP) is 4.15. The number of aromatic amines is 1. The molecule has 2 aromatic heterocycles. The highest BCUT2D eigenvalue weighted by molar-refractivity contribution is 5.97. The van der Waals surface area contributed by atoms with Crippen molar-refractivity contribution >= 4 is 18.1 Å². The highest BCUT2D eigenvalue weighted by Gasteiger charge is 2.19. The van der Waals surface area contributed by atoms with Crippen molar-refractivity contribution in [3.63, 3.8) is 0 Å². The molecule has 0 fully saturated rings. The lowest BCUT2D eigenvalue weighted by Gasteiger charge is -2.10. The SMILES string of the molecule is Cc1cccc(C)c1/C=C/c1cc(-c2cc3c([nH]2)CCNC3=O)ccn1. The highest BCUT2D eigenvalue weighted by atomic mass is 16.1. The van der Waals surface area contributed by atoms with Crippen LogP contribution in [0, 0.1) is 13.8 Å². The number of carbonyl (C=O) groups is 1. The molecule has 4 rings (SSSR count). The molecule has 3 heterocycles. The van der Waals surface area contributed by atoms with Gasteiger partial charge in [-0.05, 0) is 54.8 Å². The van der Waals surface area contributed by atoms with E-state index in [4.69, 9.17) is 0 Å². The van der Waals surface area contributed by atoms with Gasteiger partial charge in [0.15, 0.2) is 0 Å². The van der Waals surface area contributed by atoms with Crippen molar-refractivity contribution in [1.82, 2.24) is 15.3 Å². The summed E-state index contributed by atoms with van der Waals surface area (Å²) in [6.45, 7) is 4.92. The number of nitrogens with zero attached hydrogens (tertiary/aromatic N) is 1. The second-order valence-electron chi connectivity index (χ2n) is 6.69. The topological polar surface area (TPSA) is 57.8 Å². The van der Waals surface area contributed by atoms with E-state index in [-0.39, 0.29) is 5.91 Å². The number of hydrogen-bond donors (Lipinski definition) is 2. The first-order valence-electron chi connectivity index (χ1n) is 8.82. The van der Waals surface area contributed by atoms with Gasteiger partial charge in [0.2, 0.25) is 0 Å². The minimum Gasteiger partial charge on any atom is -0.358 e. The van der Waals surface area contributed by atoms with E-state index in [1.165, 1.54) is 16.7 Å². The highest BCUT2D eigenvalue weighted by Crippen LogP contribution is 2.25. The molecule has 2 N–H and O–H groups in total. The van der Waals surface area contributed by atoms with Gasteiger partial charge in [-0.15, -0.1) is 0 Å². The number of rotatable bonds is 3. The van der Waals surface area contributed by atoms with E-state index in [1.807, 2.05) is 24.3 Å². The minimum absolute atomic E-state index is 0.00189. The Balaban J connectivity index is 1.65. The number of pyridine rings is 1. The Bertz CT molecular complexity index is 994. The van der Waals surface area contributed by atoms with Crippen molar-refractivity contribution in [2.24, 2.45) is 0 Å². The van der Waals surface area contributed by atoms with Crippen molar-refractivity contribution < 1.29 is 4.79 Å². The quantitative estimate of drug-likeness (QED) is 0.750. The molecule has 3 aromatic rings. The van der Waals surface area contributed by atoms with Crippen LogP contribution in [0.2, 0.25) is 0 Å². The first-order valence-corrected chi connectivity index (χ1v) is 8.82. The van der Waals surface area contributed by atoms with Crippen LogP contribution >= 0.6 is 0 Å². The number of aromatic nitrogens is 2. The van der Waals surface area contributed by atoms with Crippen molar-refractivity contribution in [2.45, 2.75) is 20.3 Å². The average molecular weight is 343 g/mol. The smallest absolute Gasteiger partial charge is 0.253 e. The van der Waals surface area contributed by atoms with Crippen molar-refractivity contribution in [1.29, 1.82) is 0 Å². The van der Waals surface area contributed by atoms with E-state index in [9.17, 15) is 4.79 Å². The third-order valence-electron chi connectivity index (χ3n) is 4.86. The van der Waals surface area contributed by atoms with E-state index in [0.29, 0.717) is 6.54 Å². The summed E-state index contributed by atoms with van der Waals surface area (Å²) in [6, 6.07) is 12.2.